The number of hydrogen-bond acceptors (Lipinski definition) is 3. The molecule has 0 spiro atoms. The van der Waals surface area contributed by atoms with Gasteiger partial charge in [0, 0.05) is 30.4 Å². The van der Waals surface area contributed by atoms with Gasteiger partial charge in [0.25, 0.3) is 0 Å². The lowest BCUT2D eigenvalue weighted by atomic mass is 10.0. The van der Waals surface area contributed by atoms with Crippen molar-refractivity contribution in [1.82, 2.24) is 4.90 Å². The van der Waals surface area contributed by atoms with Gasteiger partial charge in [-0.1, -0.05) is 19.3 Å². The molecule has 2 aliphatic rings. The second-order valence-corrected chi connectivity index (χ2v) is 6.69. The molecule has 4 heteroatoms. The van der Waals surface area contributed by atoms with E-state index in [0.29, 0.717) is 19.4 Å². The van der Waals surface area contributed by atoms with E-state index >= 15 is 0 Å². The quantitative estimate of drug-likeness (QED) is 0.736. The number of likely N-dealkylation sites (tertiary alicyclic amines) is 1. The van der Waals surface area contributed by atoms with Crippen molar-refractivity contribution in [1.29, 1.82) is 0 Å². The number of rotatable bonds is 4. The highest BCUT2D eigenvalue weighted by Gasteiger charge is 2.24. The molecule has 102 valence electrons. The zero-order chi connectivity index (χ0) is 12.8. The normalized spacial score (nSPS) is 23.2. The van der Waals surface area contributed by atoms with Gasteiger partial charge < -0.3 is 0 Å². The third-order valence-electron chi connectivity index (χ3n) is 3.85. The van der Waals surface area contributed by atoms with E-state index in [1.54, 1.807) is 0 Å². The van der Waals surface area contributed by atoms with Crippen LogP contribution in [0.5, 0.6) is 0 Å². The van der Waals surface area contributed by atoms with Crippen molar-refractivity contribution in [2.45, 2.75) is 63.0 Å². The molecule has 1 aliphatic heterocycles. The molecule has 2 amide bonds. The Hall–Kier alpha value is -0.510. The first-order chi connectivity index (χ1) is 8.77. The molecule has 0 unspecified atom stereocenters. The summed E-state index contributed by atoms with van der Waals surface area (Å²) in [6.45, 7) is 0.624. The average Bonchev–Trinajstić information content (AvgIpc) is 2.54. The lowest BCUT2D eigenvalue weighted by Gasteiger charge is -2.23. The topological polar surface area (TPSA) is 37.4 Å². The fraction of sp³-hybridized carbons (Fsp3) is 0.857. The third kappa shape index (κ3) is 4.01. The molecular formula is C14H23NO2S. The number of hydrogen-bond donors (Lipinski definition) is 0. The van der Waals surface area contributed by atoms with Gasteiger partial charge in [0.05, 0.1) is 0 Å². The molecule has 1 saturated heterocycles. The first kappa shape index (κ1) is 13.9. The molecule has 1 heterocycles. The molecular weight excluding hydrogens is 246 g/mol. The monoisotopic (exact) mass is 269 g/mol. The SMILES string of the molecule is O=C1CCCCC(=O)N1CCSC1CCCCC1. The van der Waals surface area contributed by atoms with Crippen LogP contribution in [0.2, 0.25) is 0 Å². The van der Waals surface area contributed by atoms with E-state index in [-0.39, 0.29) is 11.8 Å². The minimum absolute atomic E-state index is 0.0433. The zero-order valence-electron chi connectivity index (χ0n) is 11.0. The number of imide groups is 1. The summed E-state index contributed by atoms with van der Waals surface area (Å²) in [5.41, 5.74) is 0. The Morgan fingerprint density at radius 2 is 1.56 bits per heavy atom. The molecule has 0 atom stereocenters. The van der Waals surface area contributed by atoms with Crippen LogP contribution in [0.15, 0.2) is 0 Å². The van der Waals surface area contributed by atoms with Crippen LogP contribution in [0.1, 0.15) is 57.8 Å². The van der Waals surface area contributed by atoms with Gasteiger partial charge in [-0.2, -0.15) is 11.8 Å². The molecule has 0 bridgehead atoms. The number of carbonyl (C=O) groups excluding carboxylic acids is 2. The third-order valence-corrected chi connectivity index (χ3v) is 5.22. The maximum absolute atomic E-state index is 11.8. The Labute approximate surface area is 114 Å². The van der Waals surface area contributed by atoms with Crippen molar-refractivity contribution in [2.24, 2.45) is 0 Å². The Morgan fingerprint density at radius 3 is 2.17 bits per heavy atom. The van der Waals surface area contributed by atoms with E-state index in [0.717, 1.165) is 23.8 Å². The standard InChI is InChI=1S/C14H23NO2S/c16-13-8-4-5-9-14(17)15(13)10-11-18-12-6-2-1-3-7-12/h12H,1-11H2. The van der Waals surface area contributed by atoms with Crippen molar-refractivity contribution in [3.63, 3.8) is 0 Å². The van der Waals surface area contributed by atoms with Crippen LogP contribution in [0.3, 0.4) is 0 Å². The van der Waals surface area contributed by atoms with Gasteiger partial charge in [0.15, 0.2) is 0 Å². The highest BCUT2D eigenvalue weighted by atomic mass is 32.2. The van der Waals surface area contributed by atoms with Gasteiger partial charge in [0.1, 0.15) is 0 Å². The van der Waals surface area contributed by atoms with Crippen LogP contribution < -0.4 is 0 Å². The number of carbonyl (C=O) groups is 2. The second-order valence-electron chi connectivity index (χ2n) is 5.28. The van der Waals surface area contributed by atoms with Crippen LogP contribution in [-0.4, -0.2) is 34.3 Å². The summed E-state index contributed by atoms with van der Waals surface area (Å²) in [6.07, 6.45) is 9.55. The minimum atomic E-state index is 0.0433. The molecule has 0 N–H and O–H groups in total. The van der Waals surface area contributed by atoms with E-state index in [4.69, 9.17) is 0 Å². The fourth-order valence-corrected chi connectivity index (χ4v) is 4.04. The summed E-state index contributed by atoms with van der Waals surface area (Å²) >= 11 is 1.96. The van der Waals surface area contributed by atoms with Crippen molar-refractivity contribution < 1.29 is 9.59 Å². The van der Waals surface area contributed by atoms with Crippen LogP contribution in [-0.2, 0) is 9.59 Å². The first-order valence-electron chi connectivity index (χ1n) is 7.22. The predicted octanol–water partition coefficient (Wildman–Crippen LogP) is 2.98. The molecule has 3 nitrogen and oxygen atoms in total. The highest BCUT2D eigenvalue weighted by Crippen LogP contribution is 2.28. The smallest absolute Gasteiger partial charge is 0.229 e. The molecule has 0 aromatic carbocycles. The minimum Gasteiger partial charge on any atom is -0.282 e. The number of nitrogens with zero attached hydrogens (tertiary/aromatic N) is 1. The lowest BCUT2D eigenvalue weighted by molar-refractivity contribution is -0.143. The van der Waals surface area contributed by atoms with Crippen LogP contribution >= 0.6 is 11.8 Å². The zero-order valence-corrected chi connectivity index (χ0v) is 11.8. The molecule has 0 aromatic heterocycles. The molecule has 0 radical (unpaired) electrons. The summed E-state index contributed by atoms with van der Waals surface area (Å²) in [5.74, 6) is 1.01. The van der Waals surface area contributed by atoms with Crippen molar-refractivity contribution in [2.75, 3.05) is 12.3 Å². The Kier molecular flexibility index (Phi) is 5.54. The Bertz CT molecular complexity index is 282. The summed E-state index contributed by atoms with van der Waals surface area (Å²) in [5, 5.41) is 0.760. The van der Waals surface area contributed by atoms with E-state index in [9.17, 15) is 9.59 Å². The Balaban J connectivity index is 1.73. The van der Waals surface area contributed by atoms with Crippen molar-refractivity contribution >= 4 is 23.6 Å². The van der Waals surface area contributed by atoms with Gasteiger partial charge in [0.2, 0.25) is 11.8 Å². The molecule has 1 aliphatic carbocycles. The first-order valence-corrected chi connectivity index (χ1v) is 8.27. The summed E-state index contributed by atoms with van der Waals surface area (Å²) in [7, 11) is 0. The van der Waals surface area contributed by atoms with Gasteiger partial charge in [-0.25, -0.2) is 0 Å². The van der Waals surface area contributed by atoms with Gasteiger partial charge in [-0.3, -0.25) is 14.5 Å². The summed E-state index contributed by atoms with van der Waals surface area (Å²) in [4.78, 5) is 25.1. The maximum Gasteiger partial charge on any atom is 0.229 e. The number of thioether (sulfide) groups is 1. The Morgan fingerprint density at radius 1 is 0.944 bits per heavy atom. The summed E-state index contributed by atoms with van der Waals surface area (Å²) in [6, 6.07) is 0. The van der Waals surface area contributed by atoms with E-state index in [1.165, 1.54) is 37.0 Å². The largest absolute Gasteiger partial charge is 0.282 e. The van der Waals surface area contributed by atoms with Gasteiger partial charge in [-0.05, 0) is 25.7 Å². The molecule has 0 aromatic rings. The van der Waals surface area contributed by atoms with Crippen molar-refractivity contribution in [3.05, 3.63) is 0 Å². The van der Waals surface area contributed by atoms with E-state index < -0.39 is 0 Å². The van der Waals surface area contributed by atoms with E-state index in [1.807, 2.05) is 11.8 Å². The van der Waals surface area contributed by atoms with Gasteiger partial charge in [-0.15, -0.1) is 0 Å². The number of amides is 2. The summed E-state index contributed by atoms with van der Waals surface area (Å²) < 4.78 is 0. The van der Waals surface area contributed by atoms with Crippen LogP contribution in [0.25, 0.3) is 0 Å². The highest BCUT2D eigenvalue weighted by molar-refractivity contribution is 7.99. The van der Waals surface area contributed by atoms with E-state index in [2.05, 4.69) is 0 Å². The lowest BCUT2D eigenvalue weighted by Crippen LogP contribution is -2.37. The predicted molar refractivity (Wildman–Crippen MR) is 74.5 cm³/mol. The van der Waals surface area contributed by atoms with Gasteiger partial charge >= 0.3 is 0 Å². The van der Waals surface area contributed by atoms with Crippen molar-refractivity contribution in [3.8, 4) is 0 Å². The van der Waals surface area contributed by atoms with Crippen LogP contribution in [0.4, 0.5) is 0 Å². The fourth-order valence-electron chi connectivity index (χ4n) is 2.75. The molecule has 18 heavy (non-hydrogen) atoms. The molecule has 2 rings (SSSR count). The molecule has 2 fully saturated rings. The second kappa shape index (κ2) is 7.17. The van der Waals surface area contributed by atoms with Crippen LogP contribution in [0, 0.1) is 0 Å². The molecule has 1 saturated carbocycles. The average molecular weight is 269 g/mol. The maximum atomic E-state index is 11.8.